The number of aromatic nitrogens is 3. The van der Waals surface area contributed by atoms with Crippen molar-refractivity contribution >= 4 is 23.1 Å². The third kappa shape index (κ3) is 3.91. The summed E-state index contributed by atoms with van der Waals surface area (Å²) in [5, 5.41) is 8.54. The minimum Gasteiger partial charge on any atom is -0.368 e. The summed E-state index contributed by atoms with van der Waals surface area (Å²) in [6.07, 6.45) is 1.74. The summed E-state index contributed by atoms with van der Waals surface area (Å²) in [5.74, 6) is 1.54. The zero-order chi connectivity index (χ0) is 19.3. The molecule has 3 aromatic rings. The Morgan fingerprint density at radius 1 is 0.929 bits per heavy atom. The Kier molecular flexibility index (Phi) is 5.37. The van der Waals surface area contributed by atoms with Gasteiger partial charge >= 0.3 is 0 Å². The van der Waals surface area contributed by atoms with Gasteiger partial charge in [0.25, 0.3) is 0 Å². The summed E-state index contributed by atoms with van der Waals surface area (Å²) in [4.78, 5) is 11.6. The number of para-hydroxylation sites is 1. The second kappa shape index (κ2) is 8.25. The number of aryl methyl sites for hydroxylation is 1. The summed E-state index contributed by atoms with van der Waals surface area (Å²) in [6.45, 7) is 8.75. The van der Waals surface area contributed by atoms with E-state index >= 15 is 0 Å². The second-order valence-corrected chi connectivity index (χ2v) is 7.01. The van der Waals surface area contributed by atoms with E-state index in [1.54, 1.807) is 6.20 Å². The molecular weight excluding hydrogens is 348 g/mol. The molecule has 6 heteroatoms. The number of nitrogens with zero attached hydrogens (tertiary/aromatic N) is 6. The Morgan fingerprint density at radius 2 is 1.68 bits per heavy atom. The number of anilines is 4. The third-order valence-corrected chi connectivity index (χ3v) is 5.12. The molecule has 0 bridgehead atoms. The lowest BCUT2D eigenvalue weighted by atomic mass is 10.2. The Labute approximate surface area is 166 Å². The fourth-order valence-corrected chi connectivity index (χ4v) is 3.62. The smallest absolute Gasteiger partial charge is 0.247 e. The molecule has 28 heavy (non-hydrogen) atoms. The Bertz CT molecular complexity index is 906. The van der Waals surface area contributed by atoms with Crippen LogP contribution in [0.15, 0.2) is 60.8 Å². The quantitative estimate of drug-likeness (QED) is 0.679. The number of rotatable bonds is 5. The monoisotopic (exact) mass is 374 g/mol. The van der Waals surface area contributed by atoms with Crippen molar-refractivity contribution in [1.29, 1.82) is 0 Å². The van der Waals surface area contributed by atoms with Gasteiger partial charge in [0.1, 0.15) is 0 Å². The molecule has 0 aliphatic carbocycles. The van der Waals surface area contributed by atoms with Crippen LogP contribution < -0.4 is 14.7 Å². The summed E-state index contributed by atoms with van der Waals surface area (Å²) in [5.41, 5.74) is 3.69. The van der Waals surface area contributed by atoms with Gasteiger partial charge in [0.15, 0.2) is 5.82 Å². The molecule has 1 fully saturated rings. The molecule has 1 aromatic heterocycles. The van der Waals surface area contributed by atoms with Gasteiger partial charge in [0, 0.05) is 44.1 Å². The predicted octanol–water partition coefficient (Wildman–Crippen LogP) is 3.66. The largest absolute Gasteiger partial charge is 0.368 e. The number of benzene rings is 2. The van der Waals surface area contributed by atoms with Crippen LogP contribution in [-0.2, 0) is 0 Å². The highest BCUT2D eigenvalue weighted by molar-refractivity contribution is 5.60. The highest BCUT2D eigenvalue weighted by Crippen LogP contribution is 2.24. The van der Waals surface area contributed by atoms with Gasteiger partial charge in [-0.1, -0.05) is 30.3 Å². The van der Waals surface area contributed by atoms with Crippen LogP contribution in [0, 0.1) is 6.92 Å². The van der Waals surface area contributed by atoms with Gasteiger partial charge in [-0.15, -0.1) is 5.10 Å². The molecule has 1 aliphatic rings. The summed E-state index contributed by atoms with van der Waals surface area (Å²) in [7, 11) is 0. The van der Waals surface area contributed by atoms with E-state index in [1.807, 2.05) is 18.2 Å². The first-order chi connectivity index (χ1) is 13.7. The molecule has 1 saturated heterocycles. The lowest BCUT2D eigenvalue weighted by Crippen LogP contribution is -2.47. The first-order valence-electron chi connectivity index (χ1n) is 9.83. The van der Waals surface area contributed by atoms with E-state index in [4.69, 9.17) is 4.98 Å². The average Bonchev–Trinajstić information content (AvgIpc) is 2.75. The molecule has 6 nitrogen and oxygen atoms in total. The molecule has 1 aliphatic heterocycles. The molecule has 4 rings (SSSR count). The SMILES string of the molecule is CCN(c1ccccc1)c1cnnc(N2CCN(c3cccc(C)c3)CC2)n1. The van der Waals surface area contributed by atoms with Gasteiger partial charge in [-0.2, -0.15) is 10.1 Å². The first-order valence-corrected chi connectivity index (χ1v) is 9.83. The van der Waals surface area contributed by atoms with Crippen molar-refractivity contribution in [3.63, 3.8) is 0 Å². The number of hydrogen-bond acceptors (Lipinski definition) is 6. The number of piperazine rings is 1. The molecule has 0 unspecified atom stereocenters. The van der Waals surface area contributed by atoms with Crippen molar-refractivity contribution in [2.75, 3.05) is 47.4 Å². The van der Waals surface area contributed by atoms with E-state index in [-0.39, 0.29) is 0 Å². The maximum atomic E-state index is 4.82. The maximum Gasteiger partial charge on any atom is 0.247 e. The minimum atomic E-state index is 0.704. The molecule has 0 spiro atoms. The van der Waals surface area contributed by atoms with Crippen LogP contribution in [0.2, 0.25) is 0 Å². The minimum absolute atomic E-state index is 0.704. The Balaban J connectivity index is 1.48. The molecule has 2 aromatic carbocycles. The highest BCUT2D eigenvalue weighted by Gasteiger charge is 2.21. The summed E-state index contributed by atoms with van der Waals surface area (Å²) in [6, 6.07) is 19.0. The molecule has 0 atom stereocenters. The van der Waals surface area contributed by atoms with Crippen LogP contribution in [0.4, 0.5) is 23.1 Å². The van der Waals surface area contributed by atoms with Crippen molar-refractivity contribution in [2.24, 2.45) is 0 Å². The Morgan fingerprint density at radius 3 is 2.39 bits per heavy atom. The third-order valence-electron chi connectivity index (χ3n) is 5.12. The van der Waals surface area contributed by atoms with E-state index in [2.05, 4.69) is 75.1 Å². The topological polar surface area (TPSA) is 48.4 Å². The van der Waals surface area contributed by atoms with Crippen molar-refractivity contribution in [3.8, 4) is 0 Å². The summed E-state index contributed by atoms with van der Waals surface area (Å²) >= 11 is 0. The molecular formula is C22H26N6. The molecule has 0 saturated carbocycles. The standard InChI is InChI=1S/C22H26N6/c1-3-28(19-9-5-4-6-10-19)21-17-23-25-22(24-21)27-14-12-26(13-15-27)20-11-7-8-18(2)16-20/h4-11,16-17H,3,12-15H2,1-2H3. The van der Waals surface area contributed by atoms with Gasteiger partial charge in [0.05, 0.1) is 6.20 Å². The summed E-state index contributed by atoms with van der Waals surface area (Å²) < 4.78 is 0. The lowest BCUT2D eigenvalue weighted by Gasteiger charge is -2.36. The van der Waals surface area contributed by atoms with Crippen molar-refractivity contribution in [3.05, 3.63) is 66.4 Å². The van der Waals surface area contributed by atoms with Crippen molar-refractivity contribution in [1.82, 2.24) is 15.2 Å². The van der Waals surface area contributed by atoms with Gasteiger partial charge in [-0.3, -0.25) is 0 Å². The van der Waals surface area contributed by atoms with E-state index in [9.17, 15) is 0 Å². The zero-order valence-corrected chi connectivity index (χ0v) is 16.5. The van der Waals surface area contributed by atoms with Crippen LogP contribution in [-0.4, -0.2) is 47.9 Å². The average molecular weight is 374 g/mol. The second-order valence-electron chi connectivity index (χ2n) is 7.01. The van der Waals surface area contributed by atoms with Gasteiger partial charge in [-0.05, 0) is 43.7 Å². The van der Waals surface area contributed by atoms with E-state index in [0.29, 0.717) is 5.95 Å². The van der Waals surface area contributed by atoms with Crippen LogP contribution in [0.25, 0.3) is 0 Å². The molecule has 0 radical (unpaired) electrons. The van der Waals surface area contributed by atoms with E-state index in [1.165, 1.54) is 11.3 Å². The van der Waals surface area contributed by atoms with Crippen LogP contribution in [0.3, 0.4) is 0 Å². The van der Waals surface area contributed by atoms with Crippen LogP contribution in [0.1, 0.15) is 12.5 Å². The normalized spacial score (nSPS) is 14.2. The maximum absolute atomic E-state index is 4.82. The van der Waals surface area contributed by atoms with Crippen LogP contribution >= 0.6 is 0 Å². The van der Waals surface area contributed by atoms with Gasteiger partial charge in [0.2, 0.25) is 5.95 Å². The van der Waals surface area contributed by atoms with Crippen molar-refractivity contribution < 1.29 is 0 Å². The first kappa shape index (κ1) is 18.2. The van der Waals surface area contributed by atoms with Gasteiger partial charge in [-0.25, -0.2) is 0 Å². The molecule has 2 heterocycles. The fourth-order valence-electron chi connectivity index (χ4n) is 3.62. The predicted molar refractivity (Wildman–Crippen MR) is 115 cm³/mol. The molecule has 0 N–H and O–H groups in total. The zero-order valence-electron chi connectivity index (χ0n) is 16.5. The highest BCUT2D eigenvalue weighted by atomic mass is 15.4. The Hall–Kier alpha value is -3.15. The van der Waals surface area contributed by atoms with E-state index < -0.39 is 0 Å². The van der Waals surface area contributed by atoms with Crippen LogP contribution in [0.5, 0.6) is 0 Å². The van der Waals surface area contributed by atoms with E-state index in [0.717, 1.165) is 44.2 Å². The molecule has 144 valence electrons. The number of hydrogen-bond donors (Lipinski definition) is 0. The molecule has 0 amide bonds. The fraction of sp³-hybridized carbons (Fsp3) is 0.318. The van der Waals surface area contributed by atoms with Crippen molar-refractivity contribution in [2.45, 2.75) is 13.8 Å². The van der Waals surface area contributed by atoms with Gasteiger partial charge < -0.3 is 14.7 Å². The lowest BCUT2D eigenvalue weighted by molar-refractivity contribution is 0.634.